The monoisotopic (exact) mass is 184 g/mol. The summed E-state index contributed by atoms with van der Waals surface area (Å²) in [6.45, 7) is 2.00. The lowest BCUT2D eigenvalue weighted by molar-refractivity contribution is 0.198. The Morgan fingerprint density at radius 2 is 1.73 bits per heavy atom. The van der Waals surface area contributed by atoms with Crippen molar-refractivity contribution in [3.8, 4) is 0 Å². The van der Waals surface area contributed by atoms with Crippen molar-refractivity contribution in [2.75, 3.05) is 20.3 Å². The summed E-state index contributed by atoms with van der Waals surface area (Å²) in [6, 6.07) is 0. The van der Waals surface area contributed by atoms with Gasteiger partial charge in [0.1, 0.15) is 0 Å². The predicted molar refractivity (Wildman–Crippen MR) is 39.1 cm³/mol. The van der Waals surface area contributed by atoms with Crippen LogP contribution in [-0.2, 0) is 13.8 Å². The highest BCUT2D eigenvalue weighted by Crippen LogP contribution is 2.33. The topological polar surface area (TPSA) is 76.0 Å². The molecular weight excluding hydrogens is 171 g/mol. The van der Waals surface area contributed by atoms with Crippen molar-refractivity contribution in [1.82, 2.24) is 0 Å². The van der Waals surface area contributed by atoms with Crippen LogP contribution in [0.1, 0.15) is 12.8 Å². The Kier molecular flexibility index (Phi) is 5.72. The van der Waals surface area contributed by atoms with Gasteiger partial charge < -0.3 is 14.5 Å². The molecule has 1 saturated heterocycles. The second-order valence-corrected chi connectivity index (χ2v) is 3.34. The van der Waals surface area contributed by atoms with E-state index in [2.05, 4.69) is 4.52 Å². The summed E-state index contributed by atoms with van der Waals surface area (Å²) in [5, 5.41) is 0. The van der Waals surface area contributed by atoms with Gasteiger partial charge >= 0.3 is 7.82 Å². The number of hydrogen-bond acceptors (Lipinski definition) is 3. The minimum Gasteiger partial charge on any atom is -0.381 e. The van der Waals surface area contributed by atoms with Crippen LogP contribution in [0.3, 0.4) is 0 Å². The first-order valence-corrected chi connectivity index (χ1v) is 4.78. The van der Waals surface area contributed by atoms with Crippen molar-refractivity contribution >= 4 is 7.82 Å². The molecular formula is C5H13O5P. The minimum absolute atomic E-state index is 0.945. The molecule has 0 radical (unpaired) electrons. The Morgan fingerprint density at radius 1 is 1.36 bits per heavy atom. The summed E-state index contributed by atoms with van der Waals surface area (Å²) < 4.78 is 18.0. The third-order valence-corrected chi connectivity index (χ3v) is 1.54. The Balaban J connectivity index is 0.000000183. The molecule has 1 aliphatic heterocycles. The molecule has 5 nitrogen and oxygen atoms in total. The number of hydrogen-bond donors (Lipinski definition) is 2. The van der Waals surface area contributed by atoms with Crippen LogP contribution in [-0.4, -0.2) is 30.1 Å². The summed E-state index contributed by atoms with van der Waals surface area (Å²) in [7, 11) is -3.20. The summed E-state index contributed by atoms with van der Waals surface area (Å²) in [6.07, 6.45) is 2.56. The fraction of sp³-hybridized carbons (Fsp3) is 1.00. The lowest BCUT2D eigenvalue weighted by Crippen LogP contribution is -1.76. The van der Waals surface area contributed by atoms with E-state index in [4.69, 9.17) is 14.5 Å². The highest BCUT2D eigenvalue weighted by atomic mass is 31.2. The highest BCUT2D eigenvalue weighted by Gasteiger charge is 2.07. The van der Waals surface area contributed by atoms with E-state index in [0.717, 1.165) is 20.3 Å². The van der Waals surface area contributed by atoms with Gasteiger partial charge in [0.2, 0.25) is 0 Å². The van der Waals surface area contributed by atoms with Crippen LogP contribution in [0, 0.1) is 0 Å². The van der Waals surface area contributed by atoms with Crippen LogP contribution in [0.15, 0.2) is 0 Å². The number of rotatable bonds is 1. The first-order valence-electron chi connectivity index (χ1n) is 3.25. The van der Waals surface area contributed by atoms with E-state index in [0.29, 0.717) is 0 Å². The smallest absolute Gasteiger partial charge is 0.381 e. The van der Waals surface area contributed by atoms with Crippen molar-refractivity contribution in [1.29, 1.82) is 0 Å². The molecule has 68 valence electrons. The van der Waals surface area contributed by atoms with Crippen LogP contribution in [0.4, 0.5) is 0 Å². The maximum atomic E-state index is 9.47. The third kappa shape index (κ3) is 10.1. The molecule has 0 spiro atoms. The standard InChI is InChI=1S/C4H8O.CH5O4P/c1-2-4-5-3-1;1-5-6(2,3)4/h1-4H2;1H3,(H2,2,3,4). The van der Waals surface area contributed by atoms with Crippen molar-refractivity contribution in [3.63, 3.8) is 0 Å². The van der Waals surface area contributed by atoms with Crippen LogP contribution < -0.4 is 0 Å². The molecule has 0 aromatic rings. The fourth-order valence-electron chi connectivity index (χ4n) is 0.510. The molecule has 0 unspecified atom stereocenters. The Labute approximate surface area is 65.6 Å². The average Bonchev–Trinajstić information content (AvgIpc) is 2.41. The number of phosphoric acid groups is 1. The maximum Gasteiger partial charge on any atom is 0.469 e. The van der Waals surface area contributed by atoms with Crippen molar-refractivity contribution in [2.24, 2.45) is 0 Å². The Hall–Kier alpha value is 0.0700. The highest BCUT2D eigenvalue weighted by molar-refractivity contribution is 7.46. The molecule has 0 amide bonds. The summed E-state index contributed by atoms with van der Waals surface area (Å²) in [5.41, 5.74) is 0. The van der Waals surface area contributed by atoms with Gasteiger partial charge in [-0.25, -0.2) is 4.57 Å². The van der Waals surface area contributed by atoms with Crippen LogP contribution in [0.2, 0.25) is 0 Å². The minimum atomic E-state index is -4.15. The molecule has 2 N–H and O–H groups in total. The molecule has 6 heteroatoms. The van der Waals surface area contributed by atoms with Crippen LogP contribution in [0.25, 0.3) is 0 Å². The van der Waals surface area contributed by atoms with Gasteiger partial charge in [-0.1, -0.05) is 0 Å². The normalized spacial score (nSPS) is 17.4. The number of phosphoric ester groups is 1. The molecule has 0 saturated carbocycles. The quantitative estimate of drug-likeness (QED) is 0.581. The van der Waals surface area contributed by atoms with Gasteiger partial charge in [-0.2, -0.15) is 0 Å². The third-order valence-electron chi connectivity index (χ3n) is 1.07. The van der Waals surface area contributed by atoms with E-state index in [1.807, 2.05) is 0 Å². The van der Waals surface area contributed by atoms with Gasteiger partial charge in [0, 0.05) is 20.3 Å². The lowest BCUT2D eigenvalue weighted by atomic mass is 10.4. The summed E-state index contributed by atoms with van der Waals surface area (Å²) in [5.74, 6) is 0. The van der Waals surface area contributed by atoms with E-state index in [1.54, 1.807) is 0 Å². The molecule has 0 atom stereocenters. The summed E-state index contributed by atoms with van der Waals surface area (Å²) >= 11 is 0. The molecule has 0 aliphatic carbocycles. The second-order valence-electron chi connectivity index (χ2n) is 1.99. The SMILES string of the molecule is C1CCOC1.COP(=O)(O)O. The first-order chi connectivity index (χ1) is 5.06. The van der Waals surface area contributed by atoms with E-state index in [-0.39, 0.29) is 0 Å². The molecule has 0 aromatic heterocycles. The predicted octanol–water partition coefficient (Wildman–Crippen LogP) is 0.522. The van der Waals surface area contributed by atoms with Gasteiger partial charge in [0.05, 0.1) is 0 Å². The van der Waals surface area contributed by atoms with Gasteiger partial charge in [-0.15, -0.1) is 0 Å². The van der Waals surface area contributed by atoms with Crippen molar-refractivity contribution < 1.29 is 23.6 Å². The van der Waals surface area contributed by atoms with E-state index in [1.165, 1.54) is 12.8 Å². The maximum absolute atomic E-state index is 9.47. The van der Waals surface area contributed by atoms with Gasteiger partial charge in [-0.05, 0) is 12.8 Å². The zero-order valence-electron chi connectivity index (χ0n) is 6.39. The van der Waals surface area contributed by atoms with Gasteiger partial charge in [-0.3, -0.25) is 4.52 Å². The molecule has 0 bridgehead atoms. The Morgan fingerprint density at radius 3 is 1.82 bits per heavy atom. The number of ether oxygens (including phenoxy) is 1. The molecule has 1 aliphatic rings. The first kappa shape index (κ1) is 11.1. The van der Waals surface area contributed by atoms with E-state index >= 15 is 0 Å². The fourth-order valence-corrected chi connectivity index (χ4v) is 0.510. The van der Waals surface area contributed by atoms with E-state index in [9.17, 15) is 4.57 Å². The average molecular weight is 184 g/mol. The van der Waals surface area contributed by atoms with Crippen molar-refractivity contribution in [2.45, 2.75) is 12.8 Å². The van der Waals surface area contributed by atoms with Gasteiger partial charge in [0.25, 0.3) is 0 Å². The largest absolute Gasteiger partial charge is 0.469 e. The molecule has 11 heavy (non-hydrogen) atoms. The zero-order valence-corrected chi connectivity index (χ0v) is 7.29. The molecule has 1 fully saturated rings. The molecule has 1 heterocycles. The van der Waals surface area contributed by atoms with Crippen LogP contribution in [0.5, 0.6) is 0 Å². The van der Waals surface area contributed by atoms with E-state index < -0.39 is 7.82 Å². The van der Waals surface area contributed by atoms with Crippen LogP contribution >= 0.6 is 7.82 Å². The molecule has 1 rings (SSSR count). The molecule has 0 aromatic carbocycles. The second kappa shape index (κ2) is 5.69. The lowest BCUT2D eigenvalue weighted by Gasteiger charge is -1.93. The zero-order chi connectivity index (χ0) is 8.74. The summed E-state index contributed by atoms with van der Waals surface area (Å²) in [4.78, 5) is 15.4. The Bertz CT molecular complexity index is 119. The van der Waals surface area contributed by atoms with Crippen molar-refractivity contribution in [3.05, 3.63) is 0 Å². The van der Waals surface area contributed by atoms with Gasteiger partial charge in [0.15, 0.2) is 0 Å².